The van der Waals surface area contributed by atoms with Crippen LogP contribution in [-0.4, -0.2) is 153 Å². The maximum atomic E-state index is 13.5. The molecule has 56 heavy (non-hydrogen) atoms. The lowest BCUT2D eigenvalue weighted by molar-refractivity contribution is -0.143. The van der Waals surface area contributed by atoms with Crippen molar-refractivity contribution in [1.82, 2.24) is 31.9 Å². The van der Waals surface area contributed by atoms with Crippen LogP contribution in [-0.2, 0) is 38.4 Å². The lowest BCUT2D eigenvalue weighted by atomic mass is 10.0. The van der Waals surface area contributed by atoms with Gasteiger partial charge in [-0.1, -0.05) is 13.8 Å². The number of rotatable bonds is 26. The number of hydrogen-bond acceptors (Lipinski definition) is 14. The van der Waals surface area contributed by atoms with E-state index in [9.17, 15) is 63.9 Å². The predicted octanol–water partition coefficient (Wildman–Crippen LogP) is -7.19. The number of aliphatic hydroxyl groups is 4. The molecule has 0 heterocycles. The van der Waals surface area contributed by atoms with Crippen molar-refractivity contribution >= 4 is 53.3 Å². The molecular formula is C32H59N11O13. The molecule has 24 heteroatoms. The molecule has 0 radical (unpaired) electrons. The van der Waals surface area contributed by atoms with Crippen LogP contribution in [0.15, 0.2) is 4.99 Å². The third kappa shape index (κ3) is 18.9. The Kier molecular flexibility index (Phi) is 22.8. The minimum Gasteiger partial charge on any atom is -0.480 e. The first-order valence-electron chi connectivity index (χ1n) is 17.7. The van der Waals surface area contributed by atoms with Gasteiger partial charge < -0.3 is 80.4 Å². The molecule has 0 aliphatic heterocycles. The number of amides is 7. The zero-order chi connectivity index (χ0) is 43.4. The molecule has 7 amide bonds. The van der Waals surface area contributed by atoms with Gasteiger partial charge in [-0.2, -0.15) is 0 Å². The first-order valence-corrected chi connectivity index (χ1v) is 17.7. The second-order valence-corrected chi connectivity index (χ2v) is 13.6. The zero-order valence-electron chi connectivity index (χ0n) is 32.1. The van der Waals surface area contributed by atoms with E-state index in [1.807, 2.05) is 0 Å². The monoisotopic (exact) mass is 805 g/mol. The number of aliphatic carboxylic acids is 1. The molecule has 0 fully saturated rings. The van der Waals surface area contributed by atoms with Gasteiger partial charge in [0.1, 0.15) is 42.3 Å². The van der Waals surface area contributed by atoms with Crippen molar-refractivity contribution < 1.29 is 63.9 Å². The molecule has 0 aliphatic rings. The Balaban J connectivity index is 6.13. The topological polar surface area (TPSA) is 426 Å². The second-order valence-electron chi connectivity index (χ2n) is 13.6. The van der Waals surface area contributed by atoms with Crippen LogP contribution in [0, 0.1) is 5.92 Å². The van der Waals surface area contributed by atoms with E-state index >= 15 is 0 Å². The highest BCUT2D eigenvalue weighted by Gasteiger charge is 2.36. The number of guanidine groups is 1. The van der Waals surface area contributed by atoms with Gasteiger partial charge in [0.2, 0.25) is 41.4 Å². The van der Waals surface area contributed by atoms with Gasteiger partial charge in [-0.15, -0.1) is 0 Å². The number of nitrogens with zero attached hydrogens (tertiary/aromatic N) is 1. The van der Waals surface area contributed by atoms with E-state index in [4.69, 9.17) is 22.9 Å². The number of carbonyl (C=O) groups excluding carboxylic acids is 7. The number of primary amides is 1. The Morgan fingerprint density at radius 1 is 0.589 bits per heavy atom. The lowest BCUT2D eigenvalue weighted by Gasteiger charge is -2.29. The summed E-state index contributed by atoms with van der Waals surface area (Å²) < 4.78 is 0. The molecule has 24 nitrogen and oxygen atoms in total. The van der Waals surface area contributed by atoms with Crippen molar-refractivity contribution in [3.63, 3.8) is 0 Å². The van der Waals surface area contributed by atoms with Crippen molar-refractivity contribution in [2.45, 2.75) is 127 Å². The van der Waals surface area contributed by atoms with Crippen molar-refractivity contribution in [3.05, 3.63) is 0 Å². The minimum atomic E-state index is -1.80. The van der Waals surface area contributed by atoms with Crippen molar-refractivity contribution in [2.24, 2.45) is 33.8 Å². The fourth-order valence-corrected chi connectivity index (χ4v) is 4.81. The van der Waals surface area contributed by atoms with Gasteiger partial charge in [-0.3, -0.25) is 38.6 Å². The summed E-state index contributed by atoms with van der Waals surface area (Å²) in [6, 6.07) is -11.2. The molecule has 0 saturated heterocycles. The molecule has 320 valence electrons. The summed E-state index contributed by atoms with van der Waals surface area (Å²) in [7, 11) is 0. The van der Waals surface area contributed by atoms with Crippen LogP contribution < -0.4 is 54.8 Å². The average molecular weight is 806 g/mol. The van der Waals surface area contributed by atoms with Crippen LogP contribution in [0.3, 0.4) is 0 Å². The SMILES string of the molecule is CC(C)C[C@H](NC(=O)[C@@H](NC(=O)[C@H](CCC(N)=O)NC(=O)[C@H](CO)NC(=O)[C@@H](N)[C@@H](C)O)[C@@H](C)O)C(=O)N[C@H](C(=O)N[C@@H](CCCN=C(N)N)C(=O)O)[C@@H](C)O. The summed E-state index contributed by atoms with van der Waals surface area (Å²) in [5, 5.41) is 63.1. The van der Waals surface area contributed by atoms with Gasteiger partial charge in [0, 0.05) is 13.0 Å². The summed E-state index contributed by atoms with van der Waals surface area (Å²) in [6.45, 7) is 5.94. The van der Waals surface area contributed by atoms with Crippen LogP contribution in [0.25, 0.3) is 0 Å². The van der Waals surface area contributed by atoms with E-state index in [-0.39, 0.29) is 37.7 Å². The maximum absolute atomic E-state index is 13.5. The Hall–Kier alpha value is -5.17. The first kappa shape index (κ1) is 50.8. The summed E-state index contributed by atoms with van der Waals surface area (Å²) in [4.78, 5) is 106. The molecule has 0 bridgehead atoms. The molecule has 0 rings (SSSR count). The number of carbonyl (C=O) groups is 8. The number of hydrogen-bond donors (Lipinski definition) is 15. The van der Waals surface area contributed by atoms with Gasteiger partial charge >= 0.3 is 5.97 Å². The van der Waals surface area contributed by atoms with Gasteiger partial charge in [-0.05, 0) is 52.4 Å². The second kappa shape index (κ2) is 25.1. The van der Waals surface area contributed by atoms with Crippen LogP contribution in [0.4, 0.5) is 0 Å². The largest absolute Gasteiger partial charge is 0.480 e. The summed E-state index contributed by atoms with van der Waals surface area (Å²) >= 11 is 0. The number of aliphatic imine (C=N–C) groups is 1. The quantitative estimate of drug-likeness (QED) is 0.0219. The molecule has 0 aromatic carbocycles. The predicted molar refractivity (Wildman–Crippen MR) is 197 cm³/mol. The Bertz CT molecular complexity index is 1390. The minimum absolute atomic E-state index is 0.0661. The third-order valence-corrected chi connectivity index (χ3v) is 7.98. The highest BCUT2D eigenvalue weighted by atomic mass is 16.4. The zero-order valence-corrected chi connectivity index (χ0v) is 32.1. The summed E-state index contributed by atoms with van der Waals surface area (Å²) in [6.07, 6.45) is -5.46. The standard InChI is InChI=1S/C32H59N11O13/c1-13(2)11-19(26(50)43-23(15(4)46)29(53)39-18(31(55)56)7-6-10-37-32(35)36)40-30(54)24(16(5)47)42-25(49)17(8-9-21(33)48)38-27(51)20(12-44)41-28(52)22(34)14(3)45/h13-20,22-24,44-47H,6-12,34H2,1-5H3,(H2,33,48)(H,38,51)(H,39,53)(H,40,54)(H,41,52)(H,42,49)(H,43,50)(H,55,56)(H4,35,36,37)/t14-,15-,16-,17+,18+,19+,20+,22+,23+,24+/m1/s1. The smallest absolute Gasteiger partial charge is 0.326 e. The highest BCUT2D eigenvalue weighted by Crippen LogP contribution is 2.09. The number of aliphatic hydroxyl groups excluding tert-OH is 4. The molecule has 19 N–H and O–H groups in total. The third-order valence-electron chi connectivity index (χ3n) is 7.98. The van der Waals surface area contributed by atoms with Gasteiger partial charge in [-0.25, -0.2) is 4.79 Å². The van der Waals surface area contributed by atoms with E-state index in [1.165, 1.54) is 6.92 Å². The molecular weight excluding hydrogens is 746 g/mol. The number of nitrogens with one attached hydrogen (secondary N) is 6. The number of carboxylic acids is 1. The van der Waals surface area contributed by atoms with Crippen LogP contribution >= 0.6 is 0 Å². The fourth-order valence-electron chi connectivity index (χ4n) is 4.81. The van der Waals surface area contributed by atoms with E-state index in [0.29, 0.717) is 0 Å². The van der Waals surface area contributed by atoms with Gasteiger partial charge in [0.15, 0.2) is 5.96 Å². The lowest BCUT2D eigenvalue weighted by Crippen LogP contribution is -2.62. The Morgan fingerprint density at radius 3 is 1.45 bits per heavy atom. The van der Waals surface area contributed by atoms with E-state index in [2.05, 4.69) is 36.9 Å². The molecule has 0 aromatic rings. The van der Waals surface area contributed by atoms with Gasteiger partial charge in [0.25, 0.3) is 0 Å². The maximum Gasteiger partial charge on any atom is 0.326 e. The van der Waals surface area contributed by atoms with Crippen LogP contribution in [0.5, 0.6) is 0 Å². The highest BCUT2D eigenvalue weighted by molar-refractivity contribution is 5.97. The number of nitrogens with two attached hydrogens (primary N) is 4. The van der Waals surface area contributed by atoms with Crippen LogP contribution in [0.1, 0.15) is 66.7 Å². The van der Waals surface area contributed by atoms with E-state index < -0.39 is 127 Å². The Morgan fingerprint density at radius 2 is 1.04 bits per heavy atom. The molecule has 10 atom stereocenters. The molecule has 0 aromatic heterocycles. The fraction of sp³-hybridized carbons (Fsp3) is 0.719. The normalized spacial score (nSPS) is 16.5. The summed E-state index contributed by atoms with van der Waals surface area (Å²) in [5.74, 6) is -9.26. The van der Waals surface area contributed by atoms with Crippen molar-refractivity contribution in [2.75, 3.05) is 13.2 Å². The van der Waals surface area contributed by atoms with Crippen molar-refractivity contribution in [3.8, 4) is 0 Å². The van der Waals surface area contributed by atoms with E-state index in [1.54, 1.807) is 13.8 Å². The molecule has 0 aliphatic carbocycles. The number of carboxylic acid groups (broad SMARTS) is 1. The molecule has 0 unspecified atom stereocenters. The van der Waals surface area contributed by atoms with Crippen molar-refractivity contribution in [1.29, 1.82) is 0 Å². The molecule has 0 spiro atoms. The summed E-state index contributed by atoms with van der Waals surface area (Å²) in [5.41, 5.74) is 21.3. The van der Waals surface area contributed by atoms with Crippen LogP contribution in [0.2, 0.25) is 0 Å². The Labute approximate surface area is 323 Å². The first-order chi connectivity index (χ1) is 25.9. The molecule has 0 saturated carbocycles. The van der Waals surface area contributed by atoms with E-state index in [0.717, 1.165) is 13.8 Å². The van der Waals surface area contributed by atoms with Gasteiger partial charge in [0.05, 0.1) is 24.9 Å². The average Bonchev–Trinajstić information content (AvgIpc) is 3.09.